The van der Waals surface area contributed by atoms with Crippen molar-refractivity contribution in [1.82, 2.24) is 0 Å². The van der Waals surface area contributed by atoms with E-state index in [1.54, 1.807) is 0 Å². The molecule has 2 aromatic rings. The van der Waals surface area contributed by atoms with E-state index in [4.69, 9.17) is 0 Å². The van der Waals surface area contributed by atoms with Gasteiger partial charge in [0, 0.05) is 12.8 Å². The van der Waals surface area contributed by atoms with Crippen molar-refractivity contribution in [3.05, 3.63) is 48.0 Å². The number of hydrogen-bond acceptors (Lipinski definition) is 1. The zero-order valence-corrected chi connectivity index (χ0v) is 12.0. The molecule has 104 valence electrons. The molecule has 0 spiro atoms. The molecule has 0 radical (unpaired) electrons. The van der Waals surface area contributed by atoms with Crippen LogP contribution >= 0.6 is 0 Å². The molecule has 0 aliphatic heterocycles. The van der Waals surface area contributed by atoms with Gasteiger partial charge in [-0.2, -0.15) is 0 Å². The summed E-state index contributed by atoms with van der Waals surface area (Å²) in [6.07, 6.45) is 7.87. The molecule has 0 atom stereocenters. The number of carbonyl (C=O) groups excluding carboxylic acids is 1. The molecular weight excluding hydrogens is 244 g/mol. The highest BCUT2D eigenvalue weighted by molar-refractivity contribution is 5.86. The van der Waals surface area contributed by atoms with Gasteiger partial charge >= 0.3 is 0 Å². The summed E-state index contributed by atoms with van der Waals surface area (Å²) >= 11 is 0. The normalized spacial score (nSPS) is 16.4. The maximum absolute atomic E-state index is 12.2. The van der Waals surface area contributed by atoms with Gasteiger partial charge < -0.3 is 0 Å². The third kappa shape index (κ3) is 3.27. The molecule has 1 fully saturated rings. The lowest BCUT2D eigenvalue weighted by molar-refractivity contribution is -0.119. The van der Waals surface area contributed by atoms with Crippen LogP contribution in [-0.4, -0.2) is 5.78 Å². The van der Waals surface area contributed by atoms with Crippen molar-refractivity contribution >= 4 is 16.6 Å². The van der Waals surface area contributed by atoms with E-state index in [2.05, 4.69) is 42.5 Å². The average Bonchev–Trinajstić information content (AvgIpc) is 2.48. The Kier molecular flexibility index (Phi) is 4.15. The average molecular weight is 266 g/mol. The fraction of sp³-hybridized carbons (Fsp3) is 0.421. The molecule has 0 N–H and O–H groups in total. The quantitative estimate of drug-likeness (QED) is 0.767. The van der Waals surface area contributed by atoms with Crippen LogP contribution < -0.4 is 0 Å². The number of fused-ring (bicyclic) bond motifs is 1. The molecule has 1 aliphatic rings. The first-order valence-corrected chi connectivity index (χ1v) is 7.80. The number of carbonyl (C=O) groups is 1. The Labute approximate surface area is 121 Å². The lowest BCUT2D eigenvalue weighted by atomic mass is 9.85. The van der Waals surface area contributed by atoms with Crippen molar-refractivity contribution in [2.75, 3.05) is 0 Å². The van der Waals surface area contributed by atoms with Crippen LogP contribution in [0.2, 0.25) is 0 Å². The number of ketones is 1. The third-order valence-corrected chi connectivity index (χ3v) is 4.46. The maximum Gasteiger partial charge on any atom is 0.137 e. The molecule has 0 unspecified atom stereocenters. The molecule has 1 nitrogen and oxygen atoms in total. The lowest BCUT2D eigenvalue weighted by Gasteiger charge is -2.20. The van der Waals surface area contributed by atoms with Crippen LogP contribution in [-0.2, 0) is 11.2 Å². The zero-order valence-electron chi connectivity index (χ0n) is 12.0. The van der Waals surface area contributed by atoms with Crippen LogP contribution in [0.5, 0.6) is 0 Å². The van der Waals surface area contributed by atoms with E-state index in [0.717, 1.165) is 12.0 Å². The minimum absolute atomic E-state index is 0.409. The molecule has 20 heavy (non-hydrogen) atoms. The van der Waals surface area contributed by atoms with Crippen LogP contribution in [0, 0.1) is 5.92 Å². The molecule has 0 saturated heterocycles. The van der Waals surface area contributed by atoms with Crippen molar-refractivity contribution < 1.29 is 4.79 Å². The van der Waals surface area contributed by atoms with Gasteiger partial charge in [0.05, 0.1) is 0 Å². The molecule has 0 aromatic heterocycles. The fourth-order valence-electron chi connectivity index (χ4n) is 3.36. The standard InChI is InChI=1S/C19H22O/c20-19(13-15-6-2-1-3-7-15)14-16-10-11-17-8-4-5-9-18(17)12-16/h4-5,8-12,15H,1-3,6-7,13-14H2. The Morgan fingerprint density at radius 2 is 1.70 bits per heavy atom. The SMILES string of the molecule is O=C(Cc1ccc2ccccc2c1)CC1CCCCC1. The summed E-state index contributed by atoms with van der Waals surface area (Å²) in [6.45, 7) is 0. The number of Topliss-reactive ketones (excluding diaryl/α,β-unsaturated/α-hetero) is 1. The summed E-state index contributed by atoms with van der Waals surface area (Å²) in [5, 5.41) is 2.48. The second-order valence-electron chi connectivity index (χ2n) is 6.11. The van der Waals surface area contributed by atoms with Crippen molar-refractivity contribution in [2.24, 2.45) is 5.92 Å². The molecular formula is C19H22O. The third-order valence-electron chi connectivity index (χ3n) is 4.46. The Morgan fingerprint density at radius 3 is 2.50 bits per heavy atom. The predicted molar refractivity (Wildman–Crippen MR) is 83.9 cm³/mol. The highest BCUT2D eigenvalue weighted by Gasteiger charge is 2.17. The highest BCUT2D eigenvalue weighted by Crippen LogP contribution is 2.27. The second-order valence-corrected chi connectivity index (χ2v) is 6.11. The largest absolute Gasteiger partial charge is 0.299 e. The minimum Gasteiger partial charge on any atom is -0.299 e. The van der Waals surface area contributed by atoms with Crippen LogP contribution in [0.3, 0.4) is 0 Å². The topological polar surface area (TPSA) is 17.1 Å². The number of benzene rings is 2. The Bertz CT molecular complexity index is 593. The van der Waals surface area contributed by atoms with E-state index in [1.165, 1.54) is 42.9 Å². The van der Waals surface area contributed by atoms with Gasteiger partial charge in [-0.25, -0.2) is 0 Å². The van der Waals surface area contributed by atoms with Gasteiger partial charge in [0.15, 0.2) is 0 Å². The van der Waals surface area contributed by atoms with Gasteiger partial charge in [-0.05, 0) is 22.3 Å². The summed E-state index contributed by atoms with van der Waals surface area (Å²) in [6, 6.07) is 14.7. The Hall–Kier alpha value is -1.63. The molecule has 1 aliphatic carbocycles. The van der Waals surface area contributed by atoms with E-state index in [9.17, 15) is 4.79 Å². The van der Waals surface area contributed by atoms with Crippen LogP contribution in [0.1, 0.15) is 44.1 Å². The maximum atomic E-state index is 12.2. The van der Waals surface area contributed by atoms with Crippen molar-refractivity contribution in [1.29, 1.82) is 0 Å². The summed E-state index contributed by atoms with van der Waals surface area (Å²) in [4.78, 5) is 12.2. The lowest BCUT2D eigenvalue weighted by Crippen LogP contribution is -2.13. The van der Waals surface area contributed by atoms with E-state index in [1.807, 2.05) is 0 Å². The number of rotatable bonds is 4. The van der Waals surface area contributed by atoms with Gasteiger partial charge in [-0.1, -0.05) is 74.6 Å². The van der Waals surface area contributed by atoms with Gasteiger partial charge in [-0.15, -0.1) is 0 Å². The van der Waals surface area contributed by atoms with Gasteiger partial charge in [0.25, 0.3) is 0 Å². The highest BCUT2D eigenvalue weighted by atomic mass is 16.1. The molecule has 3 rings (SSSR count). The van der Waals surface area contributed by atoms with E-state index in [-0.39, 0.29) is 0 Å². The number of hydrogen-bond donors (Lipinski definition) is 0. The van der Waals surface area contributed by atoms with Crippen molar-refractivity contribution in [3.8, 4) is 0 Å². The van der Waals surface area contributed by atoms with Crippen molar-refractivity contribution in [2.45, 2.75) is 44.9 Å². The van der Waals surface area contributed by atoms with E-state index >= 15 is 0 Å². The van der Waals surface area contributed by atoms with Gasteiger partial charge in [0.2, 0.25) is 0 Å². The molecule has 1 saturated carbocycles. The summed E-state index contributed by atoms with van der Waals surface area (Å²) < 4.78 is 0. The predicted octanol–water partition coefficient (Wildman–Crippen LogP) is 4.92. The van der Waals surface area contributed by atoms with Crippen LogP contribution in [0.25, 0.3) is 10.8 Å². The smallest absolute Gasteiger partial charge is 0.137 e. The summed E-state index contributed by atoms with van der Waals surface area (Å²) in [7, 11) is 0. The van der Waals surface area contributed by atoms with Gasteiger partial charge in [-0.3, -0.25) is 4.79 Å². The van der Waals surface area contributed by atoms with Crippen LogP contribution in [0.4, 0.5) is 0 Å². The van der Waals surface area contributed by atoms with E-state index in [0.29, 0.717) is 18.1 Å². The molecule has 0 bridgehead atoms. The summed E-state index contributed by atoms with van der Waals surface area (Å²) in [5.41, 5.74) is 1.16. The van der Waals surface area contributed by atoms with Crippen LogP contribution in [0.15, 0.2) is 42.5 Å². The second kappa shape index (κ2) is 6.21. The summed E-state index contributed by atoms with van der Waals surface area (Å²) in [5.74, 6) is 1.06. The van der Waals surface area contributed by atoms with Crippen molar-refractivity contribution in [3.63, 3.8) is 0 Å². The zero-order chi connectivity index (χ0) is 13.8. The molecule has 2 aromatic carbocycles. The Morgan fingerprint density at radius 1 is 0.950 bits per heavy atom. The molecule has 0 amide bonds. The first-order chi connectivity index (χ1) is 9.81. The minimum atomic E-state index is 0.409. The fourth-order valence-corrected chi connectivity index (χ4v) is 3.36. The first-order valence-electron chi connectivity index (χ1n) is 7.80. The van der Waals surface area contributed by atoms with Gasteiger partial charge in [0.1, 0.15) is 5.78 Å². The molecule has 1 heteroatoms. The first kappa shape index (κ1) is 13.4. The molecule has 0 heterocycles. The van der Waals surface area contributed by atoms with E-state index < -0.39 is 0 Å². The monoisotopic (exact) mass is 266 g/mol. The Balaban J connectivity index is 1.64.